The predicted octanol–water partition coefficient (Wildman–Crippen LogP) is 3.38. The van der Waals surface area contributed by atoms with Crippen LogP contribution in [0.5, 0.6) is 0 Å². The lowest BCUT2D eigenvalue weighted by atomic mass is 9.93. The van der Waals surface area contributed by atoms with Crippen LogP contribution in [0.15, 0.2) is 36.4 Å². The molecule has 156 valence electrons. The molecule has 0 bridgehead atoms. The number of carboxylic acid groups (broad SMARTS) is 2. The van der Waals surface area contributed by atoms with Crippen molar-refractivity contribution in [2.45, 2.75) is 38.6 Å². The van der Waals surface area contributed by atoms with Crippen LogP contribution >= 0.6 is 0 Å². The Kier molecular flexibility index (Phi) is 7.49. The standard InChI is InChI=1S/C16H21N3O2.C4H4O4/c1-11(2)18-7-5-12(6-8-18)15-9-13-3-4-14(19(20)21)10-16(13)17-15;5-3(6)1-2-4(7)8/h3-4,9-12,17H,5-8H2,1-2H3;1-2H,(H,5,6)(H,7,8). The van der Waals surface area contributed by atoms with Gasteiger partial charge in [-0.3, -0.25) is 10.1 Å². The van der Waals surface area contributed by atoms with Crippen LogP contribution < -0.4 is 0 Å². The van der Waals surface area contributed by atoms with E-state index in [0.29, 0.717) is 24.1 Å². The summed E-state index contributed by atoms with van der Waals surface area (Å²) in [7, 11) is 0. The SMILES string of the molecule is CC(C)N1CCC(c2cc3ccc([N+](=O)[O-])cc3[nH]2)CC1.O=C(O)C=CC(=O)O. The molecule has 3 rings (SSSR count). The summed E-state index contributed by atoms with van der Waals surface area (Å²) < 4.78 is 0. The molecule has 2 heterocycles. The Hall–Kier alpha value is -3.20. The molecule has 1 aliphatic rings. The minimum atomic E-state index is -1.26. The monoisotopic (exact) mass is 403 g/mol. The van der Waals surface area contributed by atoms with Crippen LogP contribution in [0.3, 0.4) is 0 Å². The average Bonchev–Trinajstić information content (AvgIpc) is 3.10. The number of nitro benzene ring substituents is 1. The second-order valence-corrected chi connectivity index (χ2v) is 7.17. The van der Waals surface area contributed by atoms with E-state index in [1.165, 1.54) is 5.69 Å². The molecule has 1 aliphatic heterocycles. The van der Waals surface area contributed by atoms with Crippen molar-refractivity contribution in [3.8, 4) is 0 Å². The van der Waals surface area contributed by atoms with Crippen molar-refractivity contribution in [1.29, 1.82) is 0 Å². The topological polar surface area (TPSA) is 137 Å². The molecule has 3 N–H and O–H groups in total. The van der Waals surface area contributed by atoms with Gasteiger partial charge < -0.3 is 20.1 Å². The first-order chi connectivity index (χ1) is 13.7. The number of aromatic amines is 1. The Morgan fingerprint density at radius 2 is 1.76 bits per heavy atom. The van der Waals surface area contributed by atoms with Crippen molar-refractivity contribution >= 4 is 28.5 Å². The van der Waals surface area contributed by atoms with Crippen LogP contribution in [0.2, 0.25) is 0 Å². The molecule has 0 atom stereocenters. The molecule has 0 spiro atoms. The van der Waals surface area contributed by atoms with Gasteiger partial charge in [-0.15, -0.1) is 0 Å². The maximum atomic E-state index is 10.8. The summed E-state index contributed by atoms with van der Waals surface area (Å²) in [5.74, 6) is -1.98. The first-order valence-electron chi connectivity index (χ1n) is 9.32. The highest BCUT2D eigenvalue weighted by molar-refractivity contribution is 5.89. The number of nitrogens with zero attached hydrogens (tertiary/aromatic N) is 2. The van der Waals surface area contributed by atoms with Crippen molar-refractivity contribution in [3.05, 3.63) is 52.2 Å². The summed E-state index contributed by atoms with van der Waals surface area (Å²) in [6.45, 7) is 6.72. The van der Waals surface area contributed by atoms with Crippen molar-refractivity contribution in [3.63, 3.8) is 0 Å². The van der Waals surface area contributed by atoms with Crippen molar-refractivity contribution in [1.82, 2.24) is 9.88 Å². The van der Waals surface area contributed by atoms with Crippen LogP contribution in [0.4, 0.5) is 5.69 Å². The summed E-state index contributed by atoms with van der Waals surface area (Å²) in [5, 5.41) is 27.5. The van der Waals surface area contributed by atoms with E-state index in [1.807, 2.05) is 6.07 Å². The lowest BCUT2D eigenvalue weighted by Crippen LogP contribution is -2.37. The summed E-state index contributed by atoms with van der Waals surface area (Å²) >= 11 is 0. The summed E-state index contributed by atoms with van der Waals surface area (Å²) in [5.41, 5.74) is 2.23. The maximum Gasteiger partial charge on any atom is 0.328 e. The zero-order valence-corrected chi connectivity index (χ0v) is 16.4. The molecule has 1 aromatic heterocycles. The number of hydrogen-bond donors (Lipinski definition) is 3. The number of piperidine rings is 1. The number of likely N-dealkylation sites (tertiary alicyclic amines) is 1. The van der Waals surface area contributed by atoms with Gasteiger partial charge in [-0.1, -0.05) is 0 Å². The Labute approximate surface area is 167 Å². The van der Waals surface area contributed by atoms with E-state index in [2.05, 4.69) is 29.8 Å². The highest BCUT2D eigenvalue weighted by atomic mass is 16.6. The number of rotatable bonds is 5. The summed E-state index contributed by atoms with van der Waals surface area (Å²) in [6, 6.07) is 7.78. The molecule has 2 aromatic rings. The number of non-ortho nitro benzene ring substituents is 1. The number of hydrogen-bond acceptors (Lipinski definition) is 5. The summed E-state index contributed by atoms with van der Waals surface area (Å²) in [4.78, 5) is 35.5. The van der Waals surface area contributed by atoms with Crippen LogP contribution in [-0.4, -0.2) is 56.1 Å². The van der Waals surface area contributed by atoms with Crippen LogP contribution in [0, 0.1) is 10.1 Å². The van der Waals surface area contributed by atoms with E-state index < -0.39 is 11.9 Å². The number of nitro groups is 1. The van der Waals surface area contributed by atoms with Gasteiger partial charge in [0.2, 0.25) is 0 Å². The van der Waals surface area contributed by atoms with E-state index in [4.69, 9.17) is 10.2 Å². The second kappa shape index (κ2) is 9.83. The van der Waals surface area contributed by atoms with Gasteiger partial charge in [0.1, 0.15) is 0 Å². The van der Waals surface area contributed by atoms with Gasteiger partial charge in [-0.25, -0.2) is 9.59 Å². The van der Waals surface area contributed by atoms with E-state index >= 15 is 0 Å². The maximum absolute atomic E-state index is 10.8. The number of fused-ring (bicyclic) bond motifs is 1. The largest absolute Gasteiger partial charge is 0.478 e. The minimum Gasteiger partial charge on any atom is -0.478 e. The Morgan fingerprint density at radius 1 is 1.17 bits per heavy atom. The molecular weight excluding hydrogens is 378 g/mol. The fourth-order valence-electron chi connectivity index (χ4n) is 3.34. The third-order valence-corrected chi connectivity index (χ3v) is 4.91. The fraction of sp³-hybridized carbons (Fsp3) is 0.400. The zero-order chi connectivity index (χ0) is 21.6. The molecule has 9 heteroatoms. The Morgan fingerprint density at radius 3 is 2.24 bits per heavy atom. The molecule has 9 nitrogen and oxygen atoms in total. The zero-order valence-electron chi connectivity index (χ0n) is 16.4. The van der Waals surface area contributed by atoms with Gasteiger partial charge in [0.25, 0.3) is 5.69 Å². The van der Waals surface area contributed by atoms with E-state index in [-0.39, 0.29) is 10.6 Å². The molecule has 1 fully saturated rings. The molecular formula is C20H25N3O6. The molecule has 0 amide bonds. The van der Waals surface area contributed by atoms with E-state index in [0.717, 1.165) is 36.8 Å². The Balaban J connectivity index is 0.000000321. The number of nitrogens with one attached hydrogen (secondary N) is 1. The number of aromatic nitrogens is 1. The number of benzene rings is 1. The molecule has 0 unspecified atom stereocenters. The lowest BCUT2D eigenvalue weighted by Gasteiger charge is -2.34. The number of carboxylic acids is 2. The normalized spacial score (nSPS) is 15.4. The van der Waals surface area contributed by atoms with Crippen molar-refractivity contribution < 1.29 is 24.7 Å². The molecule has 0 aliphatic carbocycles. The average molecular weight is 403 g/mol. The van der Waals surface area contributed by atoms with Gasteiger partial charge >= 0.3 is 11.9 Å². The Bertz CT molecular complexity index is 894. The third kappa shape index (κ3) is 6.42. The van der Waals surface area contributed by atoms with Gasteiger partial charge in [-0.2, -0.15) is 0 Å². The molecule has 1 saturated heterocycles. The lowest BCUT2D eigenvalue weighted by molar-refractivity contribution is -0.384. The van der Waals surface area contributed by atoms with Gasteiger partial charge in [0.05, 0.1) is 10.4 Å². The first kappa shape index (κ1) is 22.1. The van der Waals surface area contributed by atoms with E-state index in [1.54, 1.807) is 12.1 Å². The quantitative estimate of drug-likeness (QED) is 0.395. The van der Waals surface area contributed by atoms with E-state index in [9.17, 15) is 19.7 Å². The molecule has 29 heavy (non-hydrogen) atoms. The predicted molar refractivity (Wildman–Crippen MR) is 108 cm³/mol. The molecule has 1 aromatic carbocycles. The fourth-order valence-corrected chi connectivity index (χ4v) is 3.34. The van der Waals surface area contributed by atoms with Gasteiger partial charge in [-0.05, 0) is 51.9 Å². The smallest absolute Gasteiger partial charge is 0.328 e. The summed E-state index contributed by atoms with van der Waals surface area (Å²) in [6.07, 6.45) is 3.41. The minimum absolute atomic E-state index is 0.144. The first-order valence-corrected chi connectivity index (χ1v) is 9.32. The van der Waals surface area contributed by atoms with Crippen molar-refractivity contribution in [2.75, 3.05) is 13.1 Å². The third-order valence-electron chi connectivity index (χ3n) is 4.91. The highest BCUT2D eigenvalue weighted by Gasteiger charge is 2.23. The van der Waals surface area contributed by atoms with Gasteiger partial charge in [0, 0.05) is 47.3 Å². The highest BCUT2D eigenvalue weighted by Crippen LogP contribution is 2.31. The van der Waals surface area contributed by atoms with Crippen LogP contribution in [-0.2, 0) is 9.59 Å². The number of H-pyrrole nitrogens is 1. The van der Waals surface area contributed by atoms with Crippen molar-refractivity contribution in [2.24, 2.45) is 0 Å². The van der Waals surface area contributed by atoms with Crippen LogP contribution in [0.1, 0.15) is 38.3 Å². The molecule has 0 radical (unpaired) electrons. The van der Waals surface area contributed by atoms with Crippen LogP contribution in [0.25, 0.3) is 10.9 Å². The molecule has 0 saturated carbocycles. The second-order valence-electron chi connectivity index (χ2n) is 7.17. The van der Waals surface area contributed by atoms with Gasteiger partial charge in [0.15, 0.2) is 0 Å². The number of aliphatic carboxylic acids is 2. The number of carbonyl (C=O) groups is 2.